The summed E-state index contributed by atoms with van der Waals surface area (Å²) in [4.78, 5) is 30.5. The highest BCUT2D eigenvalue weighted by Gasteiger charge is 2.17. The maximum absolute atomic E-state index is 6.04. The summed E-state index contributed by atoms with van der Waals surface area (Å²) in [7, 11) is 5.01. The zero-order chi connectivity index (χ0) is 72.8. The molecule has 0 aromatic heterocycles. The maximum atomic E-state index is 6.04. The summed E-state index contributed by atoms with van der Waals surface area (Å²) < 4.78 is 17.0. The van der Waals surface area contributed by atoms with E-state index in [1.165, 1.54) is 38.9 Å². The molecule has 542 valence electrons. The molecule has 0 saturated carbocycles. The van der Waals surface area contributed by atoms with Crippen LogP contribution >= 0.6 is 85.5 Å². The zero-order valence-corrected chi connectivity index (χ0v) is 65.1. The van der Waals surface area contributed by atoms with E-state index in [-0.39, 0.29) is 0 Å². The van der Waals surface area contributed by atoms with Gasteiger partial charge in [-0.3, -0.25) is 34.9 Å². The topological polar surface area (TPSA) is 224 Å². The molecule has 102 heavy (non-hydrogen) atoms. The number of aryl methyl sites for hydroxylation is 4. The van der Waals surface area contributed by atoms with Gasteiger partial charge in [-0.1, -0.05) is 146 Å². The fourth-order valence-corrected chi connectivity index (χ4v) is 13.3. The van der Waals surface area contributed by atoms with Gasteiger partial charge in [0.25, 0.3) is 0 Å². The smallest absolute Gasteiger partial charge is 0.164 e. The van der Waals surface area contributed by atoms with Crippen LogP contribution in [0.4, 0.5) is 5.69 Å². The van der Waals surface area contributed by atoms with Crippen molar-refractivity contribution in [3.8, 4) is 17.2 Å². The van der Waals surface area contributed by atoms with E-state index in [0.717, 1.165) is 215 Å². The molecule has 0 amide bonds. The number of benzene rings is 7. The lowest BCUT2D eigenvalue weighted by molar-refractivity contribution is 0.352. The molecule has 0 saturated heterocycles. The number of ether oxygens (including phenoxy) is 3. The maximum Gasteiger partial charge on any atom is 0.164 e. The molecule has 0 atom stereocenters. The van der Waals surface area contributed by atoms with E-state index < -0.39 is 0 Å². The first kappa shape index (κ1) is 79.9. The summed E-state index contributed by atoms with van der Waals surface area (Å²) in [5.74, 6) is 9.84. The van der Waals surface area contributed by atoms with Gasteiger partial charge in [0.1, 0.15) is 46.6 Å². The highest BCUT2D eigenvalue weighted by molar-refractivity contribution is 9.10. The molecule has 7 heterocycles. The number of nitrogens with two attached hydrogens (primary N) is 1. The first-order valence-corrected chi connectivity index (χ1v) is 37.1. The number of nitrogen functional groups attached to an aromatic ring is 1. The zero-order valence-electron chi connectivity index (χ0n) is 59.0. The van der Waals surface area contributed by atoms with Crippen molar-refractivity contribution < 1.29 is 14.2 Å². The number of anilines is 1. The van der Waals surface area contributed by atoms with Crippen LogP contribution in [0.2, 0.25) is 30.1 Å². The Morgan fingerprint density at radius 1 is 0.353 bits per heavy atom. The van der Waals surface area contributed by atoms with Crippen molar-refractivity contribution in [3.05, 3.63) is 217 Å². The summed E-state index contributed by atoms with van der Waals surface area (Å²) >= 11 is 39.2. The minimum Gasteiger partial charge on any atom is -0.497 e. The summed E-state index contributed by atoms with van der Waals surface area (Å²) in [5, 5.41) is 26.3. The number of amidine groups is 7. The van der Waals surface area contributed by atoms with E-state index in [9.17, 15) is 0 Å². The molecule has 14 rings (SSSR count). The first-order chi connectivity index (χ1) is 49.4. The lowest BCUT2D eigenvalue weighted by Crippen LogP contribution is -2.21. The summed E-state index contributed by atoms with van der Waals surface area (Å²) in [6.45, 7) is 21.4. The van der Waals surface area contributed by atoms with Gasteiger partial charge in [0, 0.05) is 111 Å². The molecule has 0 aliphatic carbocycles. The van der Waals surface area contributed by atoms with Crippen LogP contribution in [0.25, 0.3) is 0 Å². The van der Waals surface area contributed by atoms with Crippen LogP contribution in [0.5, 0.6) is 17.2 Å². The fraction of sp³-hybridized carbons (Fsp3) is 0.364. The number of nitrogens with one attached hydrogen (secondary N) is 7. The molecule has 0 fully saturated rings. The number of hydrogen-bond acceptors (Lipinski definition) is 18. The molecule has 0 spiro atoms. The second-order valence-corrected chi connectivity index (χ2v) is 27.6. The highest BCUT2D eigenvalue weighted by atomic mass is 79.9. The van der Waals surface area contributed by atoms with Crippen molar-refractivity contribution in [1.29, 1.82) is 0 Å². The third-order valence-corrected chi connectivity index (χ3v) is 19.7. The summed E-state index contributed by atoms with van der Waals surface area (Å²) in [5.41, 5.74) is 19.6. The third kappa shape index (κ3) is 25.6. The van der Waals surface area contributed by atoms with Crippen molar-refractivity contribution in [1.82, 2.24) is 37.2 Å². The lowest BCUT2D eigenvalue weighted by atomic mass is 9.99. The standard InChI is InChI=1S/C13H18N2O.C12H16N2O2.C12H16N2.C10H11BrN2.C10H11Cl2N3.2C10H10Cl2N2/c1-9-6-11(16-3)7-10(2)12(9)8-13-14-4-5-15-13;1-15-10-5-3-4-9(12(10)16-2)8-11-13-6-7-14-11;1-9-4-3-5-10(2)11(9)8-12-13-6-7-14-12;11-9-4-2-1-3-8(9)7-10-12-5-6-13-10;11-7-3-6(4-8(12)10(7)13)5-9-14-1-2-15-9;11-8-2-1-7(5-9(8)12)6-10-13-3-4-14-10;11-8-2-1-3-9(12)7(8)6-10-13-4-5-14-10/h6-7H,4-5,8H2,1-3H3,(H,14,15);3-5H,6-8H2,1-2H3,(H,13,14);3-5H,6-8H2,1-2H3,(H,13,14);1-4H,5-7H2,(H,12,13);3-4H,1-2,5,13H2,(H,14,15);1-2,5H,3-4,6H2,(H,13,14);1-3H,4-6H2,(H,13,14). The quantitative estimate of drug-likeness (QED) is 0.0400. The Labute approximate surface area is 639 Å². The van der Waals surface area contributed by atoms with E-state index in [2.05, 4.69) is 164 Å². The van der Waals surface area contributed by atoms with E-state index in [0.29, 0.717) is 42.2 Å². The van der Waals surface area contributed by atoms with Gasteiger partial charge < -0.3 is 57.2 Å². The van der Waals surface area contributed by atoms with Crippen LogP contribution < -0.4 is 57.2 Å². The number of hydrogen-bond donors (Lipinski definition) is 8. The van der Waals surface area contributed by atoms with Crippen molar-refractivity contribution in [2.45, 2.75) is 72.6 Å². The molecule has 7 aromatic rings. The van der Waals surface area contributed by atoms with Crippen LogP contribution in [-0.4, -0.2) is 154 Å². The van der Waals surface area contributed by atoms with Crippen LogP contribution in [0.1, 0.15) is 61.2 Å². The number of nitrogens with zero attached hydrogens (tertiary/aromatic N) is 7. The third-order valence-electron chi connectivity index (χ3n) is 16.9. The molecule has 18 nitrogen and oxygen atoms in total. The Hall–Kier alpha value is -7.75. The van der Waals surface area contributed by atoms with E-state index in [1.807, 2.05) is 72.8 Å². The van der Waals surface area contributed by atoms with E-state index >= 15 is 0 Å². The highest BCUT2D eigenvalue weighted by Crippen LogP contribution is 2.32. The minimum atomic E-state index is 0.434. The van der Waals surface area contributed by atoms with Gasteiger partial charge in [-0.15, -0.1) is 0 Å². The summed E-state index contributed by atoms with van der Waals surface area (Å²) in [6.07, 6.45) is 5.75. The molecule has 7 aliphatic heterocycles. The number of para-hydroxylation sites is 1. The fourth-order valence-electron chi connectivity index (χ4n) is 11.5. The summed E-state index contributed by atoms with van der Waals surface area (Å²) in [6, 6.07) is 39.6. The Morgan fingerprint density at radius 3 is 1.16 bits per heavy atom. The Bertz CT molecular complexity index is 4020. The van der Waals surface area contributed by atoms with E-state index in [1.54, 1.807) is 21.3 Å². The molecule has 9 N–H and O–H groups in total. The molecule has 7 aromatic carbocycles. The Kier molecular flexibility index (Phi) is 33.0. The predicted molar refractivity (Wildman–Crippen MR) is 434 cm³/mol. The lowest BCUT2D eigenvalue weighted by Gasteiger charge is -2.12. The largest absolute Gasteiger partial charge is 0.497 e. The normalized spacial score (nSPS) is 14.9. The predicted octanol–water partition coefficient (Wildman–Crippen LogP) is 14.1. The second kappa shape index (κ2) is 42.1. The van der Waals surface area contributed by atoms with Crippen LogP contribution in [-0.2, 0) is 44.9 Å². The molecule has 0 unspecified atom stereocenters. The van der Waals surface area contributed by atoms with Crippen LogP contribution in [0, 0.1) is 27.7 Å². The molecule has 0 bridgehead atoms. The van der Waals surface area contributed by atoms with Crippen LogP contribution in [0.3, 0.4) is 0 Å². The van der Waals surface area contributed by atoms with Gasteiger partial charge in [-0.2, -0.15) is 0 Å². The first-order valence-electron chi connectivity index (χ1n) is 34.0. The number of rotatable bonds is 17. The number of methoxy groups -OCH3 is 3. The number of aliphatic imine (C=N–C) groups is 7. The Balaban J connectivity index is 0.000000151. The molecule has 7 aliphatic rings. The molecule has 0 radical (unpaired) electrons. The SMILES string of the molecule is Brc1ccccc1CC1=NCCN1.COc1cc(C)c(CC2=NCCN2)c(C)c1.COc1cccc(CC2=NCCN2)c1OC.Cc1cccc(C)c1CC1=NCCN1.Clc1ccc(CC2=NCCN2)cc1Cl.Clc1cccc(Cl)c1CC1=NCCN1.Nc1c(Cl)cc(CC2=NCCN2)cc1Cl. The van der Waals surface area contributed by atoms with Gasteiger partial charge in [-0.25, -0.2) is 0 Å². The number of halogens is 7. The van der Waals surface area contributed by atoms with Gasteiger partial charge >= 0.3 is 0 Å². The van der Waals surface area contributed by atoms with Crippen molar-refractivity contribution in [2.75, 3.05) is 119 Å². The molecular weight excluding hydrogens is 1480 g/mol. The van der Waals surface area contributed by atoms with Crippen LogP contribution in [0.15, 0.2) is 161 Å². The minimum absolute atomic E-state index is 0.434. The molecular formula is C77H92BrCl6N15O3. The van der Waals surface area contributed by atoms with Crippen molar-refractivity contribution in [3.63, 3.8) is 0 Å². The monoisotopic (exact) mass is 1560 g/mol. The van der Waals surface area contributed by atoms with Gasteiger partial charge in [0.2, 0.25) is 0 Å². The van der Waals surface area contributed by atoms with Gasteiger partial charge in [0.05, 0.1) is 92.9 Å². The second-order valence-electron chi connectivity index (χ2n) is 24.3. The van der Waals surface area contributed by atoms with Crippen molar-refractivity contribution >= 4 is 132 Å². The molecule has 25 heteroatoms. The Morgan fingerprint density at radius 2 is 0.735 bits per heavy atom. The van der Waals surface area contributed by atoms with Crippen molar-refractivity contribution in [2.24, 2.45) is 34.9 Å². The average Bonchev–Trinajstić information content (AvgIpc) is 1.30. The van der Waals surface area contributed by atoms with Gasteiger partial charge in [0.15, 0.2) is 11.5 Å². The average molecular weight is 1570 g/mol. The van der Waals surface area contributed by atoms with Gasteiger partial charge in [-0.05, 0) is 144 Å². The van der Waals surface area contributed by atoms with E-state index in [4.69, 9.17) is 89.5 Å².